The van der Waals surface area contributed by atoms with Gasteiger partial charge in [0, 0.05) is 0 Å². The van der Waals surface area contributed by atoms with Crippen LogP contribution in [0.1, 0.15) is 6.92 Å². The molecule has 98 valence electrons. The first-order valence-electron chi connectivity index (χ1n) is 4.76. The Labute approximate surface area is 124 Å². The number of ether oxygens (including phenoxy) is 1. The molecule has 1 aromatic carbocycles. The summed E-state index contributed by atoms with van der Waals surface area (Å²) in [5.74, 6) is -0.733. The van der Waals surface area contributed by atoms with Crippen LogP contribution < -0.4 is 5.43 Å². The third-order valence-electron chi connectivity index (χ3n) is 1.73. The van der Waals surface area contributed by atoms with Crippen LogP contribution in [0, 0.1) is 0 Å². The molecule has 1 N–H and O–H groups in total. The van der Waals surface area contributed by atoms with Crippen LogP contribution >= 0.6 is 46.4 Å². The summed E-state index contributed by atoms with van der Waals surface area (Å²) in [4.78, 5) is 11.2. The van der Waals surface area contributed by atoms with Crippen molar-refractivity contribution in [2.24, 2.45) is 5.10 Å². The number of rotatable bonds is 4. The molecular weight excluding hydrogens is 322 g/mol. The zero-order chi connectivity index (χ0) is 13.7. The van der Waals surface area contributed by atoms with Gasteiger partial charge in [0.15, 0.2) is 0 Å². The van der Waals surface area contributed by atoms with Crippen LogP contribution in [-0.2, 0) is 9.53 Å². The highest BCUT2D eigenvalue weighted by atomic mass is 35.5. The average molecular weight is 330 g/mol. The molecule has 0 aliphatic carbocycles. The maximum Gasteiger partial charge on any atom is 0.370 e. The van der Waals surface area contributed by atoms with Crippen molar-refractivity contribution in [3.63, 3.8) is 0 Å². The number of hydrogen-bond donors (Lipinski definition) is 1. The van der Waals surface area contributed by atoms with Crippen LogP contribution in [-0.4, -0.2) is 17.7 Å². The number of nitrogens with one attached hydrogen (secondary N) is 1. The molecule has 0 aliphatic heterocycles. The van der Waals surface area contributed by atoms with Crippen LogP contribution in [0.4, 0.5) is 5.69 Å². The molecule has 0 heterocycles. The van der Waals surface area contributed by atoms with Gasteiger partial charge in [-0.05, 0) is 19.1 Å². The van der Waals surface area contributed by atoms with Crippen LogP contribution in [0.5, 0.6) is 0 Å². The van der Waals surface area contributed by atoms with E-state index in [9.17, 15) is 4.79 Å². The Bertz CT molecular complexity index is 491. The molecule has 18 heavy (non-hydrogen) atoms. The maximum atomic E-state index is 11.2. The fraction of sp³-hybridized carbons (Fsp3) is 0.200. The molecule has 1 rings (SSSR count). The smallest absolute Gasteiger partial charge is 0.370 e. The molecule has 0 fully saturated rings. The Balaban J connectivity index is 2.83. The molecule has 0 amide bonds. The Kier molecular flexibility index (Phi) is 6.02. The molecule has 8 heteroatoms. The van der Waals surface area contributed by atoms with Gasteiger partial charge >= 0.3 is 5.97 Å². The molecule has 4 nitrogen and oxygen atoms in total. The molecule has 0 radical (unpaired) electrons. The van der Waals surface area contributed by atoms with Gasteiger partial charge in [0.1, 0.15) is 0 Å². The number of hydrogen-bond acceptors (Lipinski definition) is 4. The van der Waals surface area contributed by atoms with Crippen LogP contribution in [0.25, 0.3) is 0 Å². The van der Waals surface area contributed by atoms with Gasteiger partial charge in [-0.25, -0.2) is 4.79 Å². The zero-order valence-electron chi connectivity index (χ0n) is 9.14. The van der Waals surface area contributed by atoms with Crippen molar-refractivity contribution in [2.75, 3.05) is 12.0 Å². The van der Waals surface area contributed by atoms with Crippen molar-refractivity contribution in [3.8, 4) is 0 Å². The number of nitrogens with zero attached hydrogens (tertiary/aromatic N) is 1. The van der Waals surface area contributed by atoms with E-state index < -0.39 is 5.97 Å². The van der Waals surface area contributed by atoms with Gasteiger partial charge in [-0.3, -0.25) is 5.43 Å². The standard InChI is InChI=1S/C10H8Cl4N2O2/c1-2-18-10(17)9(14)16-15-8-4-6(12)5(11)3-7(8)13/h3-4,15H,2H2,1H3/b16-9+. The number of hydrazone groups is 1. The van der Waals surface area contributed by atoms with Crippen molar-refractivity contribution in [2.45, 2.75) is 6.92 Å². The van der Waals surface area contributed by atoms with Crippen LogP contribution in [0.3, 0.4) is 0 Å². The normalized spacial score (nSPS) is 11.3. The monoisotopic (exact) mass is 328 g/mol. The summed E-state index contributed by atoms with van der Waals surface area (Å²) in [6.45, 7) is 1.86. The average Bonchev–Trinajstić information content (AvgIpc) is 2.32. The molecule has 0 atom stereocenters. The van der Waals surface area contributed by atoms with Gasteiger partial charge in [0.2, 0.25) is 5.17 Å². The Morgan fingerprint density at radius 1 is 1.28 bits per heavy atom. The summed E-state index contributed by atoms with van der Waals surface area (Å²) in [7, 11) is 0. The maximum absolute atomic E-state index is 11.2. The molecule has 0 saturated heterocycles. The summed E-state index contributed by atoms with van der Waals surface area (Å²) in [5, 5.41) is 4.17. The lowest BCUT2D eigenvalue weighted by Gasteiger charge is -2.06. The number of anilines is 1. The minimum absolute atomic E-state index is 0.206. The van der Waals surface area contributed by atoms with Crippen molar-refractivity contribution >= 4 is 63.2 Å². The molecule has 0 aliphatic rings. The van der Waals surface area contributed by atoms with E-state index >= 15 is 0 Å². The first-order valence-corrected chi connectivity index (χ1v) is 6.27. The molecule has 0 aromatic heterocycles. The van der Waals surface area contributed by atoms with Gasteiger partial charge < -0.3 is 4.74 Å². The number of halogens is 4. The predicted molar refractivity (Wildman–Crippen MR) is 75.0 cm³/mol. The Hall–Kier alpha value is -0.680. The molecule has 0 unspecified atom stereocenters. The van der Waals surface area contributed by atoms with Gasteiger partial charge in [-0.15, -0.1) is 0 Å². The van der Waals surface area contributed by atoms with Crippen LogP contribution in [0.2, 0.25) is 15.1 Å². The topological polar surface area (TPSA) is 50.7 Å². The van der Waals surface area contributed by atoms with E-state index in [0.717, 1.165) is 0 Å². The van der Waals surface area contributed by atoms with Gasteiger partial charge in [0.05, 0.1) is 27.4 Å². The van der Waals surface area contributed by atoms with Crippen molar-refractivity contribution < 1.29 is 9.53 Å². The second-order valence-electron chi connectivity index (χ2n) is 2.98. The van der Waals surface area contributed by atoms with E-state index in [1.807, 2.05) is 0 Å². The van der Waals surface area contributed by atoms with Gasteiger partial charge in [-0.1, -0.05) is 46.4 Å². The van der Waals surface area contributed by atoms with E-state index in [2.05, 4.69) is 15.3 Å². The number of esters is 1. The lowest BCUT2D eigenvalue weighted by atomic mass is 10.3. The fourth-order valence-corrected chi connectivity index (χ4v) is 1.64. The second kappa shape index (κ2) is 7.04. The quantitative estimate of drug-likeness (QED) is 0.390. The highest BCUT2D eigenvalue weighted by molar-refractivity contribution is 6.82. The minimum Gasteiger partial charge on any atom is -0.461 e. The van der Waals surface area contributed by atoms with E-state index in [1.165, 1.54) is 12.1 Å². The summed E-state index contributed by atoms with van der Waals surface area (Å²) in [6.07, 6.45) is 0. The highest BCUT2D eigenvalue weighted by Crippen LogP contribution is 2.32. The van der Waals surface area contributed by atoms with E-state index in [4.69, 9.17) is 46.4 Å². The number of benzene rings is 1. The van der Waals surface area contributed by atoms with Crippen LogP contribution in [0.15, 0.2) is 17.2 Å². The first kappa shape index (κ1) is 15.4. The Morgan fingerprint density at radius 3 is 2.50 bits per heavy atom. The molecule has 0 saturated carbocycles. The third kappa shape index (κ3) is 4.21. The van der Waals surface area contributed by atoms with E-state index in [1.54, 1.807) is 6.92 Å². The van der Waals surface area contributed by atoms with Crippen molar-refractivity contribution in [3.05, 3.63) is 27.2 Å². The lowest BCUT2D eigenvalue weighted by molar-refractivity contribution is -0.134. The van der Waals surface area contributed by atoms with Crippen molar-refractivity contribution in [1.29, 1.82) is 0 Å². The molecule has 1 aromatic rings. The summed E-state index contributed by atoms with van der Waals surface area (Å²) >= 11 is 23.1. The number of carbonyl (C=O) groups excluding carboxylic acids is 1. The van der Waals surface area contributed by atoms with Gasteiger partial charge in [0.25, 0.3) is 0 Å². The third-order valence-corrected chi connectivity index (χ3v) is 3.00. The summed E-state index contributed by atoms with van der Waals surface area (Å²) in [6, 6.07) is 2.91. The largest absolute Gasteiger partial charge is 0.461 e. The second-order valence-corrected chi connectivity index (χ2v) is 4.56. The summed E-state index contributed by atoms with van der Waals surface area (Å²) in [5.41, 5.74) is 2.87. The molecule has 0 spiro atoms. The number of carbonyl (C=O) groups is 1. The first-order chi connectivity index (χ1) is 8.45. The molecule has 0 bridgehead atoms. The van der Waals surface area contributed by atoms with Crippen molar-refractivity contribution in [1.82, 2.24) is 0 Å². The highest BCUT2D eigenvalue weighted by Gasteiger charge is 2.10. The fourth-order valence-electron chi connectivity index (χ4n) is 0.954. The van der Waals surface area contributed by atoms with Gasteiger partial charge in [-0.2, -0.15) is 5.10 Å². The van der Waals surface area contributed by atoms with E-state index in [0.29, 0.717) is 20.8 Å². The lowest BCUT2D eigenvalue weighted by Crippen LogP contribution is -2.13. The zero-order valence-corrected chi connectivity index (χ0v) is 12.2. The Morgan fingerprint density at radius 2 is 1.89 bits per heavy atom. The minimum atomic E-state index is -0.733. The summed E-state index contributed by atoms with van der Waals surface area (Å²) < 4.78 is 4.64. The predicted octanol–water partition coefficient (Wildman–Crippen LogP) is 4.17. The SMILES string of the molecule is CCOC(=O)/C(Cl)=N\Nc1cc(Cl)c(Cl)cc1Cl. The molecular formula is C10H8Cl4N2O2. The van der Waals surface area contributed by atoms with E-state index in [-0.39, 0.29) is 11.8 Å².